The van der Waals surface area contributed by atoms with Gasteiger partial charge in [-0.2, -0.15) is 0 Å². The Kier molecular flexibility index (Phi) is 3.77. The van der Waals surface area contributed by atoms with Gasteiger partial charge in [0.1, 0.15) is 18.2 Å². The third-order valence-corrected chi connectivity index (χ3v) is 6.29. The first-order valence-corrected chi connectivity index (χ1v) is 11.3. The minimum atomic E-state index is -1.49. The van der Waals surface area contributed by atoms with Crippen LogP contribution in [0, 0.1) is 12.3 Å². The highest BCUT2D eigenvalue weighted by Gasteiger charge is 2.24. The van der Waals surface area contributed by atoms with Crippen molar-refractivity contribution < 1.29 is 16.1 Å². The molecule has 33 heavy (non-hydrogen) atoms. The van der Waals surface area contributed by atoms with Gasteiger partial charge in [-0.05, 0) is 48.0 Å². The fourth-order valence-electron chi connectivity index (χ4n) is 4.83. The molecule has 6 rings (SSSR count). The Hall–Kier alpha value is -3.59. The fraction of sp³-hybridized carbons (Fsp3) is 0.233. The quantitative estimate of drug-likeness (QED) is 0.258. The predicted octanol–water partition coefficient (Wildman–Crippen LogP) is 7.87. The lowest BCUT2D eigenvalue weighted by atomic mass is 9.88. The highest BCUT2D eigenvalue weighted by molar-refractivity contribution is 6.20. The predicted molar refractivity (Wildman–Crippen MR) is 136 cm³/mol. The van der Waals surface area contributed by atoms with Crippen molar-refractivity contribution in [3.05, 3.63) is 78.0 Å². The Morgan fingerprint density at radius 1 is 0.818 bits per heavy atom. The van der Waals surface area contributed by atoms with Gasteiger partial charge in [0.2, 0.25) is 5.69 Å². The molecule has 0 amide bonds. The van der Waals surface area contributed by atoms with E-state index in [1.807, 2.05) is 68.9 Å². The van der Waals surface area contributed by atoms with E-state index in [0.717, 1.165) is 60.7 Å². The Labute approximate surface area is 196 Å². The number of aryl methyl sites for hydroxylation is 2. The molecule has 0 unspecified atom stereocenters. The van der Waals surface area contributed by atoms with Crippen LogP contribution in [0.15, 0.2) is 75.7 Å². The monoisotopic (exact) mass is 436 g/mol. The summed E-state index contributed by atoms with van der Waals surface area (Å²) in [7, 11) is 1.99. The average Bonchev–Trinajstić information content (AvgIpc) is 3.37. The highest BCUT2D eigenvalue weighted by atomic mass is 16.4. The Bertz CT molecular complexity index is 1780. The SMILES string of the molecule is [2H]C([2H])(c1cc[n+](C)c(-c2c(C)ccc3c2oc2c3ccc3c4ccccc4oc32)c1)C(C)(C)C. The summed E-state index contributed by atoms with van der Waals surface area (Å²) >= 11 is 0. The van der Waals surface area contributed by atoms with E-state index in [2.05, 4.69) is 37.3 Å². The molecule has 0 aliphatic carbocycles. The number of aromatic nitrogens is 1. The first kappa shape index (κ1) is 17.9. The van der Waals surface area contributed by atoms with Gasteiger partial charge in [-0.3, -0.25) is 0 Å². The lowest BCUT2D eigenvalue weighted by Crippen LogP contribution is -2.31. The maximum Gasteiger partial charge on any atom is 0.216 e. The molecule has 0 N–H and O–H groups in total. The van der Waals surface area contributed by atoms with Crippen LogP contribution in [-0.4, -0.2) is 0 Å². The largest absolute Gasteiger partial charge is 0.452 e. The first-order chi connectivity index (χ1) is 16.6. The zero-order valence-corrected chi connectivity index (χ0v) is 19.6. The van der Waals surface area contributed by atoms with Crippen molar-refractivity contribution in [3.8, 4) is 11.3 Å². The smallest absolute Gasteiger partial charge is 0.216 e. The lowest BCUT2D eigenvalue weighted by Gasteiger charge is -2.18. The summed E-state index contributed by atoms with van der Waals surface area (Å²) in [4.78, 5) is 0. The highest BCUT2D eigenvalue weighted by Crippen LogP contribution is 2.42. The van der Waals surface area contributed by atoms with E-state index in [0.29, 0.717) is 5.56 Å². The molecule has 3 nitrogen and oxygen atoms in total. The summed E-state index contributed by atoms with van der Waals surface area (Å²) in [6.45, 7) is 7.88. The van der Waals surface area contributed by atoms with E-state index < -0.39 is 11.8 Å². The van der Waals surface area contributed by atoms with E-state index in [4.69, 9.17) is 11.6 Å². The Morgan fingerprint density at radius 3 is 2.27 bits per heavy atom. The third kappa shape index (κ3) is 3.14. The number of hydrogen-bond donors (Lipinski definition) is 0. The normalized spacial score (nSPS) is 13.8. The van der Waals surface area contributed by atoms with Crippen molar-refractivity contribution in [1.82, 2.24) is 0 Å². The van der Waals surface area contributed by atoms with Crippen LogP contribution in [-0.2, 0) is 13.4 Å². The molecule has 0 spiro atoms. The van der Waals surface area contributed by atoms with Crippen molar-refractivity contribution in [2.24, 2.45) is 12.5 Å². The minimum Gasteiger partial charge on any atom is -0.452 e. The van der Waals surface area contributed by atoms with Crippen LogP contribution in [0.3, 0.4) is 0 Å². The molecule has 3 aromatic carbocycles. The number of benzene rings is 3. The molecule has 0 aliphatic rings. The van der Waals surface area contributed by atoms with Crippen LogP contribution < -0.4 is 4.57 Å². The molecule has 6 aromatic rings. The molecule has 0 aliphatic heterocycles. The van der Waals surface area contributed by atoms with Gasteiger partial charge >= 0.3 is 0 Å². The average molecular weight is 437 g/mol. The van der Waals surface area contributed by atoms with E-state index in [1.165, 1.54) is 0 Å². The molecule has 0 fully saturated rings. The fourth-order valence-corrected chi connectivity index (χ4v) is 4.83. The summed E-state index contributed by atoms with van der Waals surface area (Å²) < 4.78 is 32.5. The second-order valence-electron chi connectivity index (χ2n) is 9.94. The van der Waals surface area contributed by atoms with Gasteiger partial charge in [0.15, 0.2) is 17.4 Å². The van der Waals surface area contributed by atoms with Crippen LogP contribution in [0.5, 0.6) is 0 Å². The number of furan rings is 2. The van der Waals surface area contributed by atoms with Gasteiger partial charge in [-0.15, -0.1) is 0 Å². The van der Waals surface area contributed by atoms with Gasteiger partial charge in [0.05, 0.1) is 5.56 Å². The number of pyridine rings is 1. The summed E-state index contributed by atoms with van der Waals surface area (Å²) in [6, 6.07) is 20.3. The van der Waals surface area contributed by atoms with Crippen molar-refractivity contribution in [2.45, 2.75) is 34.1 Å². The topological polar surface area (TPSA) is 30.2 Å². The molecule has 3 aromatic heterocycles. The molecular formula is C30H28NO2+. The Morgan fingerprint density at radius 2 is 1.48 bits per heavy atom. The summed E-state index contributed by atoms with van der Waals surface area (Å²) in [6.07, 6.45) is 0.443. The maximum absolute atomic E-state index is 8.82. The van der Waals surface area contributed by atoms with Crippen LogP contribution in [0.4, 0.5) is 0 Å². The van der Waals surface area contributed by atoms with Gasteiger partial charge in [-0.1, -0.05) is 51.1 Å². The second-order valence-corrected chi connectivity index (χ2v) is 9.94. The number of fused-ring (bicyclic) bond motifs is 7. The number of hydrogen-bond acceptors (Lipinski definition) is 2. The molecular weight excluding hydrogens is 406 g/mol. The zero-order valence-electron chi connectivity index (χ0n) is 21.6. The molecule has 0 saturated carbocycles. The molecule has 3 heteroatoms. The van der Waals surface area contributed by atoms with E-state index in [-0.39, 0.29) is 0 Å². The van der Waals surface area contributed by atoms with Crippen molar-refractivity contribution >= 4 is 43.9 Å². The van der Waals surface area contributed by atoms with Gasteiger partial charge < -0.3 is 8.83 Å². The van der Waals surface area contributed by atoms with Crippen LogP contribution in [0.2, 0.25) is 0 Å². The maximum atomic E-state index is 8.82. The molecule has 0 saturated heterocycles. The first-order valence-electron chi connectivity index (χ1n) is 12.3. The standard InChI is InChI=1S/C30H28NO2/c1-18-10-11-22-23-13-12-21-20-8-6-7-9-25(20)32-28(21)29(23)33-27(22)26(18)24-16-19(14-15-31(24)5)17-30(2,3)4/h6-16H,17H2,1-5H3/q+1/i17D2. The molecule has 0 atom stereocenters. The summed E-state index contributed by atoms with van der Waals surface area (Å²) in [5.41, 5.74) is 6.20. The van der Waals surface area contributed by atoms with Crippen molar-refractivity contribution in [1.29, 1.82) is 0 Å². The molecule has 3 heterocycles. The van der Waals surface area contributed by atoms with Crippen LogP contribution in [0.25, 0.3) is 55.1 Å². The van der Waals surface area contributed by atoms with E-state index in [9.17, 15) is 0 Å². The second kappa shape index (κ2) is 6.95. The summed E-state index contributed by atoms with van der Waals surface area (Å²) in [5.74, 6) is 0. The van der Waals surface area contributed by atoms with Gasteiger partial charge in [0.25, 0.3) is 0 Å². The van der Waals surface area contributed by atoms with Gasteiger partial charge in [0, 0.05) is 36.4 Å². The Balaban J connectivity index is 1.67. The number of para-hydroxylation sites is 1. The van der Waals surface area contributed by atoms with Crippen LogP contribution >= 0.6 is 0 Å². The molecule has 164 valence electrons. The molecule has 0 radical (unpaired) electrons. The minimum absolute atomic E-state index is 0.544. The lowest BCUT2D eigenvalue weighted by molar-refractivity contribution is -0.660. The van der Waals surface area contributed by atoms with Crippen molar-refractivity contribution in [3.63, 3.8) is 0 Å². The van der Waals surface area contributed by atoms with Crippen molar-refractivity contribution in [2.75, 3.05) is 0 Å². The number of nitrogens with zero attached hydrogens (tertiary/aromatic N) is 1. The third-order valence-electron chi connectivity index (χ3n) is 6.29. The summed E-state index contributed by atoms with van der Waals surface area (Å²) in [5, 5.41) is 4.14. The zero-order chi connectivity index (χ0) is 24.7. The van der Waals surface area contributed by atoms with Gasteiger partial charge in [-0.25, -0.2) is 4.57 Å². The van der Waals surface area contributed by atoms with E-state index in [1.54, 1.807) is 0 Å². The number of rotatable bonds is 2. The van der Waals surface area contributed by atoms with Crippen LogP contribution in [0.1, 0.15) is 34.6 Å². The van der Waals surface area contributed by atoms with E-state index >= 15 is 0 Å². The molecule has 0 bridgehead atoms.